The zero-order valence-electron chi connectivity index (χ0n) is 9.26. The van der Waals surface area contributed by atoms with Crippen LogP contribution in [-0.2, 0) is 17.6 Å². The predicted octanol–water partition coefficient (Wildman–Crippen LogP) is 3.00. The lowest BCUT2D eigenvalue weighted by Crippen LogP contribution is -1.96. The van der Waals surface area contributed by atoms with Crippen molar-refractivity contribution in [1.29, 1.82) is 0 Å². The first-order valence-corrected chi connectivity index (χ1v) is 5.21. The molecule has 0 aliphatic heterocycles. The van der Waals surface area contributed by atoms with Crippen molar-refractivity contribution in [2.75, 3.05) is 0 Å². The highest BCUT2D eigenvalue weighted by Gasteiger charge is 2.02. The molecule has 1 aromatic rings. The van der Waals surface area contributed by atoms with Gasteiger partial charge >= 0.3 is 0 Å². The van der Waals surface area contributed by atoms with Crippen LogP contribution in [0.4, 0.5) is 0 Å². The fraction of sp³-hybridized carbons (Fsp3) is 0.462. The lowest BCUT2D eigenvalue weighted by atomic mass is 9.96. The minimum Gasteiger partial charge on any atom is -0.303 e. The van der Waals surface area contributed by atoms with Gasteiger partial charge in [-0.3, -0.25) is 0 Å². The van der Waals surface area contributed by atoms with Crippen LogP contribution in [0.1, 0.15) is 35.6 Å². The zero-order chi connectivity index (χ0) is 10.6. The van der Waals surface area contributed by atoms with Gasteiger partial charge in [-0.25, -0.2) is 0 Å². The van der Waals surface area contributed by atoms with E-state index in [1.807, 2.05) is 0 Å². The molecule has 1 rings (SSSR count). The molecular weight excluding hydrogens is 172 g/mol. The van der Waals surface area contributed by atoms with E-state index in [-0.39, 0.29) is 0 Å². The molecule has 0 N–H and O–H groups in total. The molecule has 0 atom stereocenters. The van der Waals surface area contributed by atoms with Gasteiger partial charge in [0, 0.05) is 6.42 Å². The molecule has 0 amide bonds. The normalized spacial score (nSPS) is 10.2. The number of hydrogen-bond acceptors (Lipinski definition) is 1. The Morgan fingerprint density at radius 3 is 2.36 bits per heavy atom. The van der Waals surface area contributed by atoms with Crippen LogP contribution in [0.2, 0.25) is 0 Å². The van der Waals surface area contributed by atoms with Crippen molar-refractivity contribution < 1.29 is 4.79 Å². The van der Waals surface area contributed by atoms with Gasteiger partial charge < -0.3 is 4.79 Å². The first-order valence-electron chi connectivity index (χ1n) is 5.21. The Morgan fingerprint density at radius 1 is 1.14 bits per heavy atom. The quantitative estimate of drug-likeness (QED) is 0.667. The third-order valence-corrected chi connectivity index (χ3v) is 2.71. The van der Waals surface area contributed by atoms with Gasteiger partial charge in [-0.05, 0) is 48.9 Å². The summed E-state index contributed by atoms with van der Waals surface area (Å²) in [4.78, 5) is 10.3. The molecule has 0 fully saturated rings. The Bertz CT molecular complexity index is 326. The summed E-state index contributed by atoms with van der Waals surface area (Å²) < 4.78 is 0. The number of benzene rings is 1. The Balaban J connectivity index is 2.98. The van der Waals surface area contributed by atoms with E-state index in [1.54, 1.807) is 0 Å². The average Bonchev–Trinajstić information content (AvgIpc) is 2.17. The van der Waals surface area contributed by atoms with Crippen LogP contribution in [-0.4, -0.2) is 6.29 Å². The second kappa shape index (κ2) is 4.94. The largest absolute Gasteiger partial charge is 0.303 e. The van der Waals surface area contributed by atoms with E-state index in [4.69, 9.17) is 0 Å². The van der Waals surface area contributed by atoms with Gasteiger partial charge in [-0.1, -0.05) is 19.1 Å². The molecule has 1 aromatic carbocycles. The highest BCUT2D eigenvalue weighted by molar-refractivity contribution is 5.50. The van der Waals surface area contributed by atoms with E-state index in [1.165, 1.54) is 22.3 Å². The Morgan fingerprint density at radius 2 is 1.79 bits per heavy atom. The zero-order valence-corrected chi connectivity index (χ0v) is 9.26. The molecule has 1 heteroatoms. The molecule has 0 aromatic heterocycles. The van der Waals surface area contributed by atoms with Crippen LogP contribution < -0.4 is 0 Å². The first kappa shape index (κ1) is 11.0. The van der Waals surface area contributed by atoms with Crippen molar-refractivity contribution in [3.8, 4) is 0 Å². The number of carbonyl (C=O) groups excluding carboxylic acids is 1. The Kier molecular flexibility index (Phi) is 3.87. The van der Waals surface area contributed by atoms with Crippen molar-refractivity contribution in [3.63, 3.8) is 0 Å². The predicted molar refractivity (Wildman–Crippen MR) is 59.7 cm³/mol. The fourth-order valence-electron chi connectivity index (χ4n) is 1.81. The van der Waals surface area contributed by atoms with Crippen LogP contribution in [0.3, 0.4) is 0 Å². The number of aryl methyl sites for hydroxylation is 4. The molecule has 14 heavy (non-hydrogen) atoms. The standard InChI is InChI=1S/C13H18O/c1-4-12-9-13(6-5-7-14)11(3)8-10(12)2/h7-9H,4-6H2,1-3H3. The van der Waals surface area contributed by atoms with Gasteiger partial charge in [0.15, 0.2) is 0 Å². The summed E-state index contributed by atoms with van der Waals surface area (Å²) in [5.41, 5.74) is 5.39. The fourth-order valence-corrected chi connectivity index (χ4v) is 1.81. The van der Waals surface area contributed by atoms with Crippen LogP contribution >= 0.6 is 0 Å². The molecular formula is C13H18O. The summed E-state index contributed by atoms with van der Waals surface area (Å²) >= 11 is 0. The monoisotopic (exact) mass is 190 g/mol. The molecule has 0 heterocycles. The number of aldehydes is 1. The number of hydrogen-bond donors (Lipinski definition) is 0. The van der Waals surface area contributed by atoms with Gasteiger partial charge in [-0.15, -0.1) is 0 Å². The van der Waals surface area contributed by atoms with Crippen molar-refractivity contribution in [3.05, 3.63) is 34.4 Å². The maximum atomic E-state index is 10.3. The number of rotatable bonds is 4. The summed E-state index contributed by atoms with van der Waals surface area (Å²) in [6.45, 7) is 6.43. The maximum absolute atomic E-state index is 10.3. The van der Waals surface area contributed by atoms with Gasteiger partial charge in [0.1, 0.15) is 6.29 Å². The van der Waals surface area contributed by atoms with Gasteiger partial charge in [0.2, 0.25) is 0 Å². The summed E-state index contributed by atoms with van der Waals surface area (Å²) in [5, 5.41) is 0. The van der Waals surface area contributed by atoms with Crippen LogP contribution in [0.25, 0.3) is 0 Å². The smallest absolute Gasteiger partial charge is 0.120 e. The third kappa shape index (κ3) is 2.44. The lowest BCUT2D eigenvalue weighted by Gasteiger charge is -2.09. The van der Waals surface area contributed by atoms with Crippen LogP contribution in [0, 0.1) is 13.8 Å². The minimum atomic E-state index is 0.632. The van der Waals surface area contributed by atoms with E-state index in [0.717, 1.165) is 19.1 Å². The van der Waals surface area contributed by atoms with E-state index in [9.17, 15) is 4.79 Å². The van der Waals surface area contributed by atoms with Crippen LogP contribution in [0.15, 0.2) is 12.1 Å². The molecule has 0 bridgehead atoms. The van der Waals surface area contributed by atoms with E-state index < -0.39 is 0 Å². The van der Waals surface area contributed by atoms with Gasteiger partial charge in [0.25, 0.3) is 0 Å². The number of carbonyl (C=O) groups is 1. The van der Waals surface area contributed by atoms with Crippen molar-refractivity contribution >= 4 is 6.29 Å². The summed E-state index contributed by atoms with van der Waals surface area (Å²) in [6.07, 6.45) is 3.57. The second-order valence-electron chi connectivity index (χ2n) is 3.76. The molecule has 0 saturated carbocycles. The second-order valence-corrected chi connectivity index (χ2v) is 3.76. The topological polar surface area (TPSA) is 17.1 Å². The highest BCUT2D eigenvalue weighted by Crippen LogP contribution is 2.17. The molecule has 0 unspecified atom stereocenters. The molecule has 0 radical (unpaired) electrons. The van der Waals surface area contributed by atoms with E-state index in [2.05, 4.69) is 32.9 Å². The molecule has 76 valence electrons. The third-order valence-electron chi connectivity index (χ3n) is 2.71. The summed E-state index contributed by atoms with van der Waals surface area (Å²) in [6, 6.07) is 4.47. The highest BCUT2D eigenvalue weighted by atomic mass is 16.1. The Labute approximate surface area is 86.1 Å². The van der Waals surface area contributed by atoms with Crippen molar-refractivity contribution in [1.82, 2.24) is 0 Å². The molecule has 0 spiro atoms. The van der Waals surface area contributed by atoms with E-state index in [0.29, 0.717) is 6.42 Å². The summed E-state index contributed by atoms with van der Waals surface area (Å²) in [7, 11) is 0. The van der Waals surface area contributed by atoms with Gasteiger partial charge in [0.05, 0.1) is 0 Å². The molecule has 0 aliphatic carbocycles. The Hall–Kier alpha value is -1.11. The maximum Gasteiger partial charge on any atom is 0.120 e. The first-order chi connectivity index (χ1) is 6.69. The van der Waals surface area contributed by atoms with E-state index >= 15 is 0 Å². The molecule has 0 saturated heterocycles. The van der Waals surface area contributed by atoms with Crippen molar-refractivity contribution in [2.45, 2.75) is 40.0 Å². The van der Waals surface area contributed by atoms with Crippen LogP contribution in [0.5, 0.6) is 0 Å². The molecule has 1 nitrogen and oxygen atoms in total. The van der Waals surface area contributed by atoms with Gasteiger partial charge in [-0.2, -0.15) is 0 Å². The minimum absolute atomic E-state index is 0.632. The summed E-state index contributed by atoms with van der Waals surface area (Å²) in [5.74, 6) is 0. The lowest BCUT2D eigenvalue weighted by molar-refractivity contribution is -0.107. The SMILES string of the molecule is CCc1cc(CCC=O)c(C)cc1C. The van der Waals surface area contributed by atoms with Crippen molar-refractivity contribution in [2.24, 2.45) is 0 Å². The average molecular weight is 190 g/mol. The molecule has 0 aliphatic rings.